The molecular weight excluding hydrogens is 430 g/mol. The predicted octanol–water partition coefficient (Wildman–Crippen LogP) is 5.00. The molecule has 0 spiro atoms. The Labute approximate surface area is 178 Å². The van der Waals surface area contributed by atoms with Crippen molar-refractivity contribution in [1.82, 2.24) is 0 Å². The van der Waals surface area contributed by atoms with Crippen molar-refractivity contribution >= 4 is 34.3 Å². The lowest BCUT2D eigenvalue weighted by Crippen LogP contribution is -2.37. The van der Waals surface area contributed by atoms with E-state index in [1.807, 2.05) is 6.07 Å². The highest BCUT2D eigenvalue weighted by atomic mass is 79.9. The molecule has 154 valence electrons. The van der Waals surface area contributed by atoms with Crippen LogP contribution in [-0.4, -0.2) is 25.2 Å². The number of carbonyl (C=O) groups excluding carboxylic acids is 1. The Morgan fingerprint density at radius 1 is 1.30 bits per heavy atom. The van der Waals surface area contributed by atoms with Gasteiger partial charge in [-0.05, 0) is 70.6 Å². The third-order valence-electron chi connectivity index (χ3n) is 5.57. The van der Waals surface area contributed by atoms with Gasteiger partial charge in [0.05, 0.1) is 17.5 Å². The van der Waals surface area contributed by atoms with Crippen LogP contribution in [0.5, 0.6) is 5.75 Å². The predicted molar refractivity (Wildman–Crippen MR) is 115 cm³/mol. The number of nitrogens with two attached hydrogens (primary N) is 1. The van der Waals surface area contributed by atoms with E-state index in [2.05, 4.69) is 55.8 Å². The molecule has 4 nitrogen and oxygen atoms in total. The van der Waals surface area contributed by atoms with Crippen LogP contribution in [0.25, 0.3) is 0 Å². The van der Waals surface area contributed by atoms with E-state index in [-0.39, 0.29) is 36.4 Å². The number of benzene rings is 1. The maximum atomic E-state index is 12.0. The first-order chi connectivity index (χ1) is 12.2. The maximum Gasteiger partial charge on any atom is 0.309 e. The van der Waals surface area contributed by atoms with Crippen LogP contribution in [0.15, 0.2) is 22.7 Å². The summed E-state index contributed by atoms with van der Waals surface area (Å²) in [7, 11) is 1.67. The van der Waals surface area contributed by atoms with Crippen LogP contribution in [0.4, 0.5) is 0 Å². The van der Waals surface area contributed by atoms with E-state index < -0.39 is 0 Å². The van der Waals surface area contributed by atoms with Crippen molar-refractivity contribution < 1.29 is 14.3 Å². The van der Waals surface area contributed by atoms with Gasteiger partial charge < -0.3 is 15.2 Å². The van der Waals surface area contributed by atoms with E-state index in [0.717, 1.165) is 29.5 Å². The van der Waals surface area contributed by atoms with Crippen molar-refractivity contribution in [2.45, 2.75) is 59.1 Å². The minimum Gasteiger partial charge on any atom is -0.496 e. The van der Waals surface area contributed by atoms with Gasteiger partial charge in [-0.2, -0.15) is 0 Å². The summed E-state index contributed by atoms with van der Waals surface area (Å²) in [5.74, 6) is 1.98. The van der Waals surface area contributed by atoms with Crippen molar-refractivity contribution in [3.8, 4) is 5.75 Å². The van der Waals surface area contributed by atoms with Gasteiger partial charge in [-0.1, -0.05) is 33.8 Å². The SMILES string of the molecule is COc1ccc(C[C@@H](C[C@H](N)C2CC(C(C)C)C(=O)O2)C(C)C)cc1Br.Cl. The Hall–Kier alpha value is -0.780. The first-order valence-corrected chi connectivity index (χ1v) is 10.3. The van der Waals surface area contributed by atoms with Gasteiger partial charge in [0.1, 0.15) is 11.9 Å². The molecule has 1 aromatic carbocycles. The summed E-state index contributed by atoms with van der Waals surface area (Å²) in [5.41, 5.74) is 7.72. The second kappa shape index (κ2) is 10.7. The molecule has 0 saturated carbocycles. The number of hydrogen-bond acceptors (Lipinski definition) is 4. The fourth-order valence-electron chi connectivity index (χ4n) is 3.67. The molecule has 0 radical (unpaired) electrons. The molecule has 27 heavy (non-hydrogen) atoms. The van der Waals surface area contributed by atoms with Crippen LogP contribution in [0.2, 0.25) is 0 Å². The van der Waals surface area contributed by atoms with Crippen LogP contribution in [0.3, 0.4) is 0 Å². The minimum atomic E-state index is -0.154. The fourth-order valence-corrected chi connectivity index (χ4v) is 4.26. The maximum absolute atomic E-state index is 12.0. The zero-order valence-corrected chi connectivity index (χ0v) is 19.3. The number of rotatable bonds is 8. The average molecular weight is 463 g/mol. The molecule has 2 N–H and O–H groups in total. The number of esters is 1. The second-order valence-electron chi connectivity index (χ2n) is 8.14. The number of cyclic esters (lactones) is 1. The highest BCUT2D eigenvalue weighted by Gasteiger charge is 2.39. The largest absolute Gasteiger partial charge is 0.496 e. The van der Waals surface area contributed by atoms with Gasteiger partial charge in [0.25, 0.3) is 0 Å². The summed E-state index contributed by atoms with van der Waals surface area (Å²) in [5, 5.41) is 0. The number of methoxy groups -OCH3 is 1. The minimum absolute atomic E-state index is 0. The van der Waals surface area contributed by atoms with Gasteiger partial charge in [-0.15, -0.1) is 12.4 Å². The molecular formula is C21H33BrClNO3. The molecule has 1 fully saturated rings. The van der Waals surface area contributed by atoms with E-state index in [9.17, 15) is 4.79 Å². The van der Waals surface area contributed by atoms with Gasteiger partial charge in [-0.25, -0.2) is 0 Å². The molecule has 0 aromatic heterocycles. The normalized spacial score (nSPS) is 21.7. The number of hydrogen-bond donors (Lipinski definition) is 1. The first-order valence-electron chi connectivity index (χ1n) is 9.51. The molecule has 1 aliphatic rings. The topological polar surface area (TPSA) is 61.5 Å². The smallest absolute Gasteiger partial charge is 0.309 e. The summed E-state index contributed by atoms with van der Waals surface area (Å²) >= 11 is 3.56. The second-order valence-corrected chi connectivity index (χ2v) is 8.99. The van der Waals surface area contributed by atoms with Crippen LogP contribution in [0, 0.1) is 23.7 Å². The molecule has 6 heteroatoms. The molecule has 1 aliphatic heterocycles. The van der Waals surface area contributed by atoms with Crippen molar-refractivity contribution in [3.05, 3.63) is 28.2 Å². The lowest BCUT2D eigenvalue weighted by molar-refractivity contribution is -0.146. The van der Waals surface area contributed by atoms with Gasteiger partial charge >= 0.3 is 5.97 Å². The Morgan fingerprint density at radius 3 is 2.44 bits per heavy atom. The lowest BCUT2D eigenvalue weighted by atomic mass is 9.82. The summed E-state index contributed by atoms with van der Waals surface area (Å²) in [6, 6.07) is 6.10. The van der Waals surface area contributed by atoms with Crippen molar-refractivity contribution in [3.63, 3.8) is 0 Å². The molecule has 1 saturated heterocycles. The van der Waals surface area contributed by atoms with Crippen molar-refractivity contribution in [1.29, 1.82) is 0 Å². The van der Waals surface area contributed by atoms with Gasteiger partial charge in [0.15, 0.2) is 0 Å². The molecule has 2 rings (SSSR count). The molecule has 0 aliphatic carbocycles. The number of halogens is 2. The van der Waals surface area contributed by atoms with E-state index in [1.54, 1.807) is 7.11 Å². The lowest BCUT2D eigenvalue weighted by Gasteiger charge is -2.27. The molecule has 0 amide bonds. The molecule has 4 atom stereocenters. The first kappa shape index (κ1) is 24.3. The zero-order chi connectivity index (χ0) is 19.4. The highest BCUT2D eigenvalue weighted by molar-refractivity contribution is 9.10. The summed E-state index contributed by atoms with van der Waals surface area (Å²) < 4.78 is 11.9. The summed E-state index contributed by atoms with van der Waals surface area (Å²) in [4.78, 5) is 12.0. The quantitative estimate of drug-likeness (QED) is 0.552. The zero-order valence-electron chi connectivity index (χ0n) is 16.9. The Balaban J connectivity index is 0.00000364. The standard InChI is InChI=1S/C21H32BrNO3.ClH/c1-12(2)15(8-14-6-7-19(25-5)17(22)9-14)10-18(23)20-11-16(13(3)4)21(24)26-20;/h6-7,9,12-13,15-16,18,20H,8,10-11,23H2,1-5H3;1H/t15-,16?,18-,20?;/m0./s1. The number of carbonyl (C=O) groups is 1. The van der Waals surface area contributed by atoms with E-state index in [4.69, 9.17) is 15.2 Å². The van der Waals surface area contributed by atoms with Crippen LogP contribution >= 0.6 is 28.3 Å². The Bertz CT molecular complexity index is 623. The summed E-state index contributed by atoms with van der Waals surface area (Å²) in [6.45, 7) is 8.59. The molecule has 1 heterocycles. The van der Waals surface area contributed by atoms with Crippen LogP contribution in [-0.2, 0) is 16.0 Å². The van der Waals surface area contributed by atoms with Gasteiger partial charge in [-0.3, -0.25) is 4.79 Å². The number of ether oxygens (including phenoxy) is 2. The molecule has 2 unspecified atom stereocenters. The van der Waals surface area contributed by atoms with Crippen LogP contribution in [0.1, 0.15) is 46.1 Å². The molecule has 1 aromatic rings. The monoisotopic (exact) mass is 461 g/mol. The van der Waals surface area contributed by atoms with E-state index >= 15 is 0 Å². The summed E-state index contributed by atoms with van der Waals surface area (Å²) in [6.07, 6.45) is 2.39. The highest BCUT2D eigenvalue weighted by Crippen LogP contribution is 2.33. The Kier molecular flexibility index (Phi) is 9.59. The van der Waals surface area contributed by atoms with Gasteiger partial charge in [0.2, 0.25) is 0 Å². The van der Waals surface area contributed by atoms with Crippen LogP contribution < -0.4 is 10.5 Å². The van der Waals surface area contributed by atoms with E-state index in [1.165, 1.54) is 5.56 Å². The van der Waals surface area contributed by atoms with Crippen molar-refractivity contribution in [2.24, 2.45) is 29.4 Å². The third-order valence-corrected chi connectivity index (χ3v) is 6.19. The Morgan fingerprint density at radius 2 is 1.96 bits per heavy atom. The molecule has 0 bridgehead atoms. The van der Waals surface area contributed by atoms with E-state index in [0.29, 0.717) is 17.8 Å². The fraction of sp³-hybridized carbons (Fsp3) is 0.667. The van der Waals surface area contributed by atoms with Gasteiger partial charge in [0, 0.05) is 6.04 Å². The third kappa shape index (κ3) is 6.37. The van der Waals surface area contributed by atoms with Crippen molar-refractivity contribution in [2.75, 3.05) is 7.11 Å². The average Bonchev–Trinajstić information content (AvgIpc) is 2.96.